The topological polar surface area (TPSA) is 0 Å². The molecular weight excluding hydrogens is 230 g/mol. The lowest BCUT2D eigenvalue weighted by Gasteiger charge is -2.20. The molecule has 2 atom stereocenters. The van der Waals surface area contributed by atoms with Crippen molar-refractivity contribution in [1.29, 1.82) is 0 Å². The minimum Gasteiger partial charge on any atom is -0.207 e. The highest BCUT2D eigenvalue weighted by Gasteiger charge is 2.25. The summed E-state index contributed by atoms with van der Waals surface area (Å²) in [6.07, 6.45) is 5.01. The molecule has 0 nitrogen and oxygen atoms in total. The molecule has 3 heteroatoms. The molecule has 0 radical (unpaired) electrons. The fourth-order valence-electron chi connectivity index (χ4n) is 2.41. The molecule has 2 unspecified atom stereocenters. The first-order chi connectivity index (χ1) is 7.68. The summed E-state index contributed by atoms with van der Waals surface area (Å²) in [4.78, 5) is 0. The van der Waals surface area contributed by atoms with Crippen molar-refractivity contribution < 1.29 is 8.78 Å². The molecule has 0 N–H and O–H groups in total. The summed E-state index contributed by atoms with van der Waals surface area (Å²) in [5.74, 6) is -0.761. The zero-order chi connectivity index (χ0) is 11.5. The monoisotopic (exact) mass is 244 g/mol. The van der Waals surface area contributed by atoms with E-state index in [1.165, 1.54) is 12.1 Å². The molecule has 1 aliphatic carbocycles. The Balaban J connectivity index is 2.29. The predicted octanol–water partition coefficient (Wildman–Crippen LogP) is 4.62. The first-order valence-electron chi connectivity index (χ1n) is 5.77. The van der Waals surface area contributed by atoms with E-state index in [2.05, 4.69) is 0 Å². The number of halogens is 3. The van der Waals surface area contributed by atoms with Crippen molar-refractivity contribution in [3.8, 4) is 0 Å². The van der Waals surface area contributed by atoms with Gasteiger partial charge in [0.15, 0.2) is 0 Å². The maximum atomic E-state index is 13.6. The predicted molar refractivity (Wildman–Crippen MR) is 61.8 cm³/mol. The van der Waals surface area contributed by atoms with Crippen LogP contribution in [0.3, 0.4) is 0 Å². The van der Waals surface area contributed by atoms with Crippen molar-refractivity contribution in [2.75, 3.05) is 0 Å². The van der Waals surface area contributed by atoms with Gasteiger partial charge >= 0.3 is 0 Å². The number of benzene rings is 1. The molecule has 0 bridgehead atoms. The van der Waals surface area contributed by atoms with Crippen LogP contribution in [0.5, 0.6) is 0 Å². The highest BCUT2D eigenvalue weighted by Crippen LogP contribution is 2.36. The van der Waals surface area contributed by atoms with Crippen LogP contribution >= 0.6 is 11.6 Å². The van der Waals surface area contributed by atoms with Crippen molar-refractivity contribution in [2.24, 2.45) is 0 Å². The lowest BCUT2D eigenvalue weighted by molar-refractivity contribution is 0.530. The average molecular weight is 245 g/mol. The van der Waals surface area contributed by atoms with Gasteiger partial charge in [-0.15, -0.1) is 11.6 Å². The Morgan fingerprint density at radius 2 is 1.81 bits per heavy atom. The van der Waals surface area contributed by atoms with Crippen molar-refractivity contribution >= 4 is 11.6 Å². The molecule has 16 heavy (non-hydrogen) atoms. The van der Waals surface area contributed by atoms with Crippen LogP contribution in [-0.4, -0.2) is 5.38 Å². The molecule has 0 saturated heterocycles. The third-order valence-corrected chi connectivity index (χ3v) is 3.81. The van der Waals surface area contributed by atoms with Crippen LogP contribution in [0, 0.1) is 11.6 Å². The van der Waals surface area contributed by atoms with Crippen LogP contribution in [0.2, 0.25) is 0 Å². The van der Waals surface area contributed by atoms with Gasteiger partial charge < -0.3 is 0 Å². The summed E-state index contributed by atoms with van der Waals surface area (Å²) in [7, 11) is 0. The fraction of sp³-hybridized carbons (Fsp3) is 0.538. The molecule has 1 aromatic carbocycles. The van der Waals surface area contributed by atoms with Crippen LogP contribution in [0.15, 0.2) is 18.2 Å². The molecule has 1 aromatic rings. The Bertz CT molecular complexity index is 365. The molecule has 0 amide bonds. The van der Waals surface area contributed by atoms with Crippen LogP contribution in [0.4, 0.5) is 8.78 Å². The maximum Gasteiger partial charge on any atom is 0.126 e. The molecule has 0 aliphatic heterocycles. The van der Waals surface area contributed by atoms with E-state index in [0.717, 1.165) is 38.2 Å². The van der Waals surface area contributed by atoms with E-state index in [1.54, 1.807) is 0 Å². The quantitative estimate of drug-likeness (QED) is 0.500. The van der Waals surface area contributed by atoms with E-state index < -0.39 is 0 Å². The lowest BCUT2D eigenvalue weighted by atomic mass is 9.91. The molecule has 0 spiro atoms. The molecular formula is C13H15ClF2. The Morgan fingerprint density at radius 1 is 1.06 bits per heavy atom. The van der Waals surface area contributed by atoms with Crippen molar-refractivity contribution in [3.63, 3.8) is 0 Å². The summed E-state index contributed by atoms with van der Waals surface area (Å²) in [6, 6.07) is 3.64. The van der Waals surface area contributed by atoms with Crippen molar-refractivity contribution in [1.82, 2.24) is 0 Å². The molecule has 1 fully saturated rings. The Labute approximate surface area is 99.6 Å². The zero-order valence-corrected chi connectivity index (χ0v) is 9.81. The number of hydrogen-bond donors (Lipinski definition) is 0. The normalized spacial score (nSPS) is 26.4. The van der Waals surface area contributed by atoms with Gasteiger partial charge in [0.25, 0.3) is 0 Å². The van der Waals surface area contributed by atoms with E-state index in [0.29, 0.717) is 5.56 Å². The largest absolute Gasteiger partial charge is 0.207 e. The van der Waals surface area contributed by atoms with E-state index >= 15 is 0 Å². The highest BCUT2D eigenvalue weighted by atomic mass is 35.5. The third kappa shape index (κ3) is 2.54. The lowest BCUT2D eigenvalue weighted by Crippen LogP contribution is -2.13. The number of alkyl halides is 1. The van der Waals surface area contributed by atoms with Crippen molar-refractivity contribution in [2.45, 2.75) is 43.4 Å². The van der Waals surface area contributed by atoms with Gasteiger partial charge in [-0.2, -0.15) is 0 Å². The zero-order valence-electron chi connectivity index (χ0n) is 9.06. The summed E-state index contributed by atoms with van der Waals surface area (Å²) >= 11 is 6.26. The van der Waals surface area contributed by atoms with Gasteiger partial charge in [0.2, 0.25) is 0 Å². The van der Waals surface area contributed by atoms with Gasteiger partial charge in [0.1, 0.15) is 11.6 Å². The fourth-order valence-corrected chi connectivity index (χ4v) is 2.83. The standard InChI is InChI=1S/C13H15ClF2/c14-12-5-3-1-2-4-10(12)11-8-9(15)6-7-13(11)16/h6-8,10,12H,1-5H2. The minimum atomic E-state index is -0.385. The van der Waals surface area contributed by atoms with Gasteiger partial charge in [-0.3, -0.25) is 0 Å². The number of rotatable bonds is 1. The van der Waals surface area contributed by atoms with E-state index in [9.17, 15) is 8.78 Å². The molecule has 0 aromatic heterocycles. The average Bonchev–Trinajstić information content (AvgIpc) is 2.47. The van der Waals surface area contributed by atoms with Gasteiger partial charge in [0.05, 0.1) is 0 Å². The highest BCUT2D eigenvalue weighted by molar-refractivity contribution is 6.21. The van der Waals surface area contributed by atoms with Gasteiger partial charge in [-0.1, -0.05) is 19.3 Å². The third-order valence-electron chi connectivity index (χ3n) is 3.29. The van der Waals surface area contributed by atoms with Crippen LogP contribution in [-0.2, 0) is 0 Å². The van der Waals surface area contributed by atoms with E-state index in [4.69, 9.17) is 11.6 Å². The van der Waals surface area contributed by atoms with E-state index in [-0.39, 0.29) is 22.9 Å². The van der Waals surface area contributed by atoms with Gasteiger partial charge in [0, 0.05) is 11.3 Å². The van der Waals surface area contributed by atoms with E-state index in [1.807, 2.05) is 0 Å². The van der Waals surface area contributed by atoms with Crippen LogP contribution < -0.4 is 0 Å². The second-order valence-corrected chi connectivity index (χ2v) is 4.99. The first-order valence-corrected chi connectivity index (χ1v) is 6.21. The smallest absolute Gasteiger partial charge is 0.126 e. The maximum absolute atomic E-state index is 13.6. The van der Waals surface area contributed by atoms with Crippen LogP contribution in [0.25, 0.3) is 0 Å². The summed E-state index contributed by atoms with van der Waals surface area (Å²) in [6.45, 7) is 0. The van der Waals surface area contributed by atoms with Crippen molar-refractivity contribution in [3.05, 3.63) is 35.4 Å². The Hall–Kier alpha value is -0.630. The molecule has 1 saturated carbocycles. The summed E-state index contributed by atoms with van der Waals surface area (Å²) in [5, 5.41) is -0.0706. The second-order valence-electron chi connectivity index (χ2n) is 4.43. The molecule has 0 heterocycles. The minimum absolute atomic E-state index is 0.0418. The second kappa shape index (κ2) is 5.13. The summed E-state index contributed by atoms with van der Waals surface area (Å²) < 4.78 is 26.8. The van der Waals surface area contributed by atoms with Crippen LogP contribution in [0.1, 0.15) is 43.6 Å². The number of hydrogen-bond acceptors (Lipinski definition) is 0. The molecule has 1 aliphatic rings. The summed E-state index contributed by atoms with van der Waals surface area (Å²) in [5.41, 5.74) is 0.446. The molecule has 2 rings (SSSR count). The van der Waals surface area contributed by atoms with Gasteiger partial charge in [-0.25, -0.2) is 8.78 Å². The SMILES string of the molecule is Fc1ccc(F)c(C2CCCCCC2Cl)c1. The molecule has 88 valence electrons. The first kappa shape index (κ1) is 11.8. The Morgan fingerprint density at radius 3 is 2.62 bits per heavy atom. The van der Waals surface area contributed by atoms with Gasteiger partial charge in [-0.05, 0) is 36.6 Å². The Kier molecular flexibility index (Phi) is 3.80.